The molecule has 0 amide bonds. The van der Waals surface area contributed by atoms with Crippen molar-refractivity contribution in [2.45, 2.75) is 20.0 Å². The van der Waals surface area contributed by atoms with Gasteiger partial charge in [-0.1, -0.05) is 54.6 Å². The lowest BCUT2D eigenvalue weighted by Gasteiger charge is -2.16. The Labute approximate surface area is 179 Å². The van der Waals surface area contributed by atoms with Crippen molar-refractivity contribution in [3.05, 3.63) is 92.6 Å². The van der Waals surface area contributed by atoms with Crippen LogP contribution < -0.4 is 16.1 Å². The Kier molecular flexibility index (Phi) is 4.58. The van der Waals surface area contributed by atoms with Crippen molar-refractivity contribution in [2.75, 3.05) is 11.4 Å². The first kappa shape index (κ1) is 19.1. The quantitative estimate of drug-likeness (QED) is 0.516. The van der Waals surface area contributed by atoms with E-state index in [0.717, 1.165) is 23.4 Å². The topological polar surface area (TPSA) is 65.1 Å². The number of hydrogen-bond donors (Lipinski definition) is 0. The molecule has 7 nitrogen and oxygen atoms in total. The number of nitrogens with zero attached hydrogens (tertiary/aromatic N) is 5. The van der Waals surface area contributed by atoms with Gasteiger partial charge in [-0.25, -0.2) is 4.79 Å². The van der Waals surface area contributed by atoms with Crippen LogP contribution in [-0.4, -0.2) is 25.2 Å². The number of fused-ring (bicyclic) bond motifs is 3. The number of hydrogen-bond acceptors (Lipinski definition) is 4. The van der Waals surface area contributed by atoms with E-state index in [1.54, 1.807) is 7.05 Å². The zero-order chi connectivity index (χ0) is 21.5. The van der Waals surface area contributed by atoms with Gasteiger partial charge in [0.15, 0.2) is 11.2 Å². The Morgan fingerprint density at radius 2 is 1.84 bits per heavy atom. The van der Waals surface area contributed by atoms with Crippen molar-refractivity contribution < 1.29 is 0 Å². The summed E-state index contributed by atoms with van der Waals surface area (Å²) in [6, 6.07) is 18.0. The maximum Gasteiger partial charge on any atom is 0.332 e. The van der Waals surface area contributed by atoms with E-state index in [4.69, 9.17) is 4.98 Å². The lowest BCUT2D eigenvalue weighted by atomic mass is 10.2. The monoisotopic (exact) mass is 413 g/mol. The summed E-state index contributed by atoms with van der Waals surface area (Å²) < 4.78 is 4.66. The van der Waals surface area contributed by atoms with Gasteiger partial charge in [-0.15, -0.1) is 0 Å². The molecular weight excluding hydrogens is 390 g/mol. The molecule has 7 heteroatoms. The number of benzene rings is 2. The van der Waals surface area contributed by atoms with Crippen LogP contribution in [0.15, 0.2) is 70.3 Å². The van der Waals surface area contributed by atoms with Crippen LogP contribution in [0.2, 0.25) is 0 Å². The molecule has 156 valence electrons. The first-order valence-electron chi connectivity index (χ1n) is 10.3. The van der Waals surface area contributed by atoms with Gasteiger partial charge in [0, 0.05) is 32.4 Å². The van der Waals surface area contributed by atoms with Gasteiger partial charge in [-0.3, -0.25) is 13.9 Å². The molecule has 1 aliphatic rings. The molecule has 0 fully saturated rings. The van der Waals surface area contributed by atoms with Gasteiger partial charge in [0.2, 0.25) is 5.95 Å². The van der Waals surface area contributed by atoms with E-state index < -0.39 is 0 Å². The Bertz CT molecular complexity index is 1430. The van der Waals surface area contributed by atoms with Crippen LogP contribution in [-0.2, 0) is 20.1 Å². The lowest BCUT2D eigenvalue weighted by molar-refractivity contribution is 0.663. The molecule has 5 rings (SSSR count). The third-order valence-electron chi connectivity index (χ3n) is 5.71. The summed E-state index contributed by atoms with van der Waals surface area (Å²) in [6.07, 6.45) is 3.75. The minimum atomic E-state index is -0.367. The number of allylic oxidation sites excluding steroid dienone is 1. The highest BCUT2D eigenvalue weighted by atomic mass is 16.2. The van der Waals surface area contributed by atoms with Gasteiger partial charge >= 0.3 is 5.69 Å². The normalized spacial score (nSPS) is 13.4. The molecule has 4 aromatic rings. The molecule has 0 atom stereocenters. The summed E-state index contributed by atoms with van der Waals surface area (Å²) in [5.74, 6) is 0.699. The average molecular weight is 413 g/mol. The van der Waals surface area contributed by atoms with Crippen molar-refractivity contribution in [2.24, 2.45) is 7.05 Å². The van der Waals surface area contributed by atoms with Gasteiger partial charge in [-0.05, 0) is 30.2 Å². The molecule has 0 aliphatic carbocycles. The van der Waals surface area contributed by atoms with Crippen molar-refractivity contribution in [3.63, 3.8) is 0 Å². The first-order chi connectivity index (χ1) is 15.0. The zero-order valence-electron chi connectivity index (χ0n) is 17.5. The van der Waals surface area contributed by atoms with Gasteiger partial charge in [0.25, 0.3) is 5.56 Å². The first-order valence-corrected chi connectivity index (χ1v) is 10.3. The van der Waals surface area contributed by atoms with Crippen molar-refractivity contribution >= 4 is 28.9 Å². The molecule has 0 radical (unpaired) electrons. The number of rotatable bonds is 4. The smallest absolute Gasteiger partial charge is 0.310 e. The molecule has 0 bridgehead atoms. The van der Waals surface area contributed by atoms with E-state index in [-0.39, 0.29) is 17.8 Å². The predicted octanol–water partition coefficient (Wildman–Crippen LogP) is 3.07. The molecule has 31 heavy (non-hydrogen) atoms. The van der Waals surface area contributed by atoms with E-state index in [1.165, 1.54) is 9.13 Å². The fraction of sp³-hybridized carbons (Fsp3) is 0.208. The Morgan fingerprint density at radius 3 is 2.61 bits per heavy atom. The second kappa shape index (κ2) is 7.43. The minimum absolute atomic E-state index is 0.207. The molecule has 3 heterocycles. The van der Waals surface area contributed by atoms with Crippen molar-refractivity contribution in [3.8, 4) is 0 Å². The maximum atomic E-state index is 13.3. The molecule has 0 saturated heterocycles. The van der Waals surface area contributed by atoms with Crippen molar-refractivity contribution in [1.82, 2.24) is 18.7 Å². The predicted molar refractivity (Wildman–Crippen MR) is 123 cm³/mol. The van der Waals surface area contributed by atoms with Crippen LogP contribution in [0.4, 0.5) is 11.6 Å². The fourth-order valence-electron chi connectivity index (χ4n) is 4.14. The Morgan fingerprint density at radius 1 is 1.03 bits per heavy atom. The van der Waals surface area contributed by atoms with E-state index in [1.807, 2.05) is 72.2 Å². The number of anilines is 2. The second-order valence-corrected chi connectivity index (χ2v) is 7.80. The van der Waals surface area contributed by atoms with Gasteiger partial charge < -0.3 is 9.47 Å². The summed E-state index contributed by atoms with van der Waals surface area (Å²) >= 11 is 0. The van der Waals surface area contributed by atoms with E-state index in [2.05, 4.69) is 11.0 Å². The second-order valence-electron chi connectivity index (χ2n) is 7.80. The standard InChI is InChI=1S/C24H23N5O2/c1-17-8-6-12-19(16-17)27-14-15-28-20-21(25-23(27)28)26(2)24(31)29(22(20)30)13-7-11-18-9-4-3-5-10-18/h3-12,16H,13-15H2,1-2H3/b11-7+. The molecule has 2 aromatic heterocycles. The molecule has 0 saturated carbocycles. The van der Waals surface area contributed by atoms with Crippen LogP contribution in [0.3, 0.4) is 0 Å². The van der Waals surface area contributed by atoms with Gasteiger partial charge in [0.1, 0.15) is 0 Å². The summed E-state index contributed by atoms with van der Waals surface area (Å²) in [4.78, 5) is 33.0. The largest absolute Gasteiger partial charge is 0.332 e. The third-order valence-corrected chi connectivity index (χ3v) is 5.71. The summed E-state index contributed by atoms with van der Waals surface area (Å²) in [5.41, 5.74) is 3.44. The van der Waals surface area contributed by atoms with E-state index in [0.29, 0.717) is 23.7 Å². The fourth-order valence-corrected chi connectivity index (χ4v) is 4.14. The molecule has 0 spiro atoms. The molecule has 1 aliphatic heterocycles. The van der Waals surface area contributed by atoms with Crippen molar-refractivity contribution in [1.29, 1.82) is 0 Å². The van der Waals surface area contributed by atoms with Crippen LogP contribution >= 0.6 is 0 Å². The summed E-state index contributed by atoms with van der Waals surface area (Å²) in [5, 5.41) is 0. The number of aryl methyl sites for hydroxylation is 2. The number of imidazole rings is 1. The van der Waals surface area contributed by atoms with Crippen LogP contribution in [0.1, 0.15) is 11.1 Å². The Hall–Kier alpha value is -3.87. The highest BCUT2D eigenvalue weighted by Gasteiger charge is 2.28. The zero-order valence-corrected chi connectivity index (χ0v) is 17.5. The Balaban J connectivity index is 1.59. The lowest BCUT2D eigenvalue weighted by Crippen LogP contribution is -2.39. The van der Waals surface area contributed by atoms with Gasteiger partial charge in [0.05, 0.1) is 0 Å². The van der Waals surface area contributed by atoms with Crippen LogP contribution in [0.25, 0.3) is 17.2 Å². The van der Waals surface area contributed by atoms with Gasteiger partial charge in [-0.2, -0.15) is 4.98 Å². The van der Waals surface area contributed by atoms with Crippen LogP contribution in [0, 0.1) is 6.92 Å². The average Bonchev–Trinajstić information content (AvgIpc) is 3.35. The molecular formula is C24H23N5O2. The van der Waals surface area contributed by atoms with E-state index in [9.17, 15) is 9.59 Å². The molecule has 0 unspecified atom stereocenters. The maximum absolute atomic E-state index is 13.3. The minimum Gasteiger partial charge on any atom is -0.310 e. The summed E-state index contributed by atoms with van der Waals surface area (Å²) in [6.45, 7) is 3.64. The SMILES string of the molecule is Cc1cccc(N2CCn3c2nc2c3c(=O)n(C/C=C/c3ccccc3)c(=O)n2C)c1. The summed E-state index contributed by atoms with van der Waals surface area (Å²) in [7, 11) is 1.67. The third kappa shape index (κ3) is 3.18. The molecule has 0 N–H and O–H groups in total. The van der Waals surface area contributed by atoms with E-state index >= 15 is 0 Å². The number of aromatic nitrogens is 4. The molecule has 2 aromatic carbocycles. The highest BCUT2D eigenvalue weighted by molar-refractivity contribution is 5.77. The van der Waals surface area contributed by atoms with Crippen LogP contribution in [0.5, 0.6) is 0 Å². The highest BCUT2D eigenvalue weighted by Crippen LogP contribution is 2.31.